The van der Waals surface area contributed by atoms with Crippen LogP contribution in [0, 0.1) is 19.8 Å². The Kier molecular flexibility index (Phi) is 4.27. The second kappa shape index (κ2) is 6.36. The van der Waals surface area contributed by atoms with Gasteiger partial charge in [-0.15, -0.1) is 5.10 Å². The molecule has 1 amide bonds. The standard InChI is InChI=1S/C16H21N5O2/c1-11-4-5-15(18-17-11)23-10-13-6-7-21(9-13)16(22)14-8-12(2)19-20(14)3/h4-5,8,13H,6-7,9-10H2,1-3H3. The first-order valence-corrected chi connectivity index (χ1v) is 7.76. The van der Waals surface area contributed by atoms with Gasteiger partial charge < -0.3 is 9.64 Å². The SMILES string of the molecule is Cc1ccc(OCC2CCN(C(=O)c3cc(C)nn3C)C2)nn1. The molecule has 7 heteroatoms. The minimum absolute atomic E-state index is 0.0331. The van der Waals surface area contributed by atoms with Crippen molar-refractivity contribution in [1.29, 1.82) is 0 Å². The van der Waals surface area contributed by atoms with E-state index >= 15 is 0 Å². The Hall–Kier alpha value is -2.44. The Balaban J connectivity index is 1.55. The molecule has 1 aliphatic heterocycles. The van der Waals surface area contributed by atoms with Gasteiger partial charge in [0.15, 0.2) is 0 Å². The number of ether oxygens (including phenoxy) is 1. The third-order valence-electron chi connectivity index (χ3n) is 4.03. The molecule has 2 aromatic heterocycles. The number of aryl methyl sites for hydroxylation is 3. The van der Waals surface area contributed by atoms with E-state index in [9.17, 15) is 4.79 Å². The molecule has 23 heavy (non-hydrogen) atoms. The van der Waals surface area contributed by atoms with Crippen LogP contribution in [0.15, 0.2) is 18.2 Å². The number of hydrogen-bond donors (Lipinski definition) is 0. The van der Waals surface area contributed by atoms with Crippen molar-refractivity contribution in [2.45, 2.75) is 20.3 Å². The first-order chi connectivity index (χ1) is 11.0. The number of carbonyl (C=O) groups excluding carboxylic acids is 1. The Morgan fingerprint density at radius 3 is 2.78 bits per heavy atom. The number of hydrogen-bond acceptors (Lipinski definition) is 5. The summed E-state index contributed by atoms with van der Waals surface area (Å²) in [6.07, 6.45) is 0.932. The molecule has 0 aliphatic carbocycles. The van der Waals surface area contributed by atoms with Gasteiger partial charge >= 0.3 is 0 Å². The van der Waals surface area contributed by atoms with E-state index in [2.05, 4.69) is 15.3 Å². The minimum Gasteiger partial charge on any atom is -0.476 e. The largest absolute Gasteiger partial charge is 0.476 e. The van der Waals surface area contributed by atoms with Gasteiger partial charge in [-0.05, 0) is 32.4 Å². The van der Waals surface area contributed by atoms with Crippen LogP contribution in [0.1, 0.15) is 28.3 Å². The number of nitrogens with zero attached hydrogens (tertiary/aromatic N) is 5. The van der Waals surface area contributed by atoms with E-state index < -0.39 is 0 Å². The highest BCUT2D eigenvalue weighted by Crippen LogP contribution is 2.20. The van der Waals surface area contributed by atoms with Gasteiger partial charge in [0.05, 0.1) is 18.0 Å². The van der Waals surface area contributed by atoms with Crippen molar-refractivity contribution >= 4 is 5.91 Å². The maximum absolute atomic E-state index is 12.5. The van der Waals surface area contributed by atoms with Crippen molar-refractivity contribution in [3.8, 4) is 5.88 Å². The van der Waals surface area contributed by atoms with E-state index in [1.54, 1.807) is 11.7 Å². The van der Waals surface area contributed by atoms with Gasteiger partial charge in [0.2, 0.25) is 5.88 Å². The predicted octanol–water partition coefficient (Wildman–Crippen LogP) is 1.37. The summed E-state index contributed by atoms with van der Waals surface area (Å²) in [5.41, 5.74) is 2.35. The fourth-order valence-electron chi connectivity index (χ4n) is 2.79. The number of aromatic nitrogens is 4. The molecule has 3 heterocycles. The van der Waals surface area contributed by atoms with Gasteiger partial charge in [-0.3, -0.25) is 9.48 Å². The van der Waals surface area contributed by atoms with Crippen LogP contribution in [0.5, 0.6) is 5.88 Å². The van der Waals surface area contributed by atoms with E-state index in [0.717, 1.165) is 24.4 Å². The zero-order chi connectivity index (χ0) is 16.4. The zero-order valence-corrected chi connectivity index (χ0v) is 13.7. The van der Waals surface area contributed by atoms with Crippen molar-refractivity contribution in [3.63, 3.8) is 0 Å². The summed E-state index contributed by atoms with van der Waals surface area (Å²) in [6.45, 7) is 5.77. The van der Waals surface area contributed by atoms with Crippen LogP contribution in [-0.4, -0.2) is 50.5 Å². The molecule has 0 spiro atoms. The lowest BCUT2D eigenvalue weighted by Gasteiger charge is -2.16. The van der Waals surface area contributed by atoms with Crippen molar-refractivity contribution in [1.82, 2.24) is 24.9 Å². The number of rotatable bonds is 4. The molecule has 0 bridgehead atoms. The summed E-state index contributed by atoms with van der Waals surface area (Å²) in [5.74, 6) is 0.879. The van der Waals surface area contributed by atoms with Gasteiger partial charge in [-0.2, -0.15) is 10.2 Å². The molecule has 0 radical (unpaired) electrons. The summed E-state index contributed by atoms with van der Waals surface area (Å²) in [4.78, 5) is 14.4. The molecule has 7 nitrogen and oxygen atoms in total. The maximum atomic E-state index is 12.5. The van der Waals surface area contributed by atoms with Crippen molar-refractivity contribution in [2.24, 2.45) is 13.0 Å². The highest BCUT2D eigenvalue weighted by Gasteiger charge is 2.29. The summed E-state index contributed by atoms with van der Waals surface area (Å²) in [6, 6.07) is 5.52. The van der Waals surface area contributed by atoms with Gasteiger partial charge in [0.1, 0.15) is 5.69 Å². The minimum atomic E-state index is 0.0331. The Morgan fingerprint density at radius 1 is 1.30 bits per heavy atom. The molecule has 3 rings (SSSR count). The van der Waals surface area contributed by atoms with Crippen LogP contribution in [-0.2, 0) is 7.05 Å². The van der Waals surface area contributed by atoms with E-state index in [-0.39, 0.29) is 5.91 Å². The van der Waals surface area contributed by atoms with Crippen LogP contribution in [0.2, 0.25) is 0 Å². The van der Waals surface area contributed by atoms with Crippen molar-refractivity contribution in [3.05, 3.63) is 35.3 Å². The molecule has 0 aromatic carbocycles. The highest BCUT2D eigenvalue weighted by atomic mass is 16.5. The molecule has 0 saturated carbocycles. The van der Waals surface area contributed by atoms with Crippen LogP contribution >= 0.6 is 0 Å². The Labute approximate surface area is 135 Å². The third-order valence-corrected chi connectivity index (χ3v) is 4.03. The number of amides is 1. The van der Waals surface area contributed by atoms with Gasteiger partial charge in [-0.25, -0.2) is 0 Å². The van der Waals surface area contributed by atoms with Gasteiger partial charge in [0.25, 0.3) is 5.91 Å². The first kappa shape index (κ1) is 15.5. The smallest absolute Gasteiger partial charge is 0.272 e. The molecule has 1 atom stereocenters. The highest BCUT2D eigenvalue weighted by molar-refractivity contribution is 5.92. The lowest BCUT2D eigenvalue weighted by molar-refractivity contribution is 0.0772. The van der Waals surface area contributed by atoms with Crippen molar-refractivity contribution < 1.29 is 9.53 Å². The maximum Gasteiger partial charge on any atom is 0.272 e. The normalized spacial score (nSPS) is 17.5. The molecule has 1 fully saturated rings. The average Bonchev–Trinajstić information content (AvgIpc) is 3.12. The lowest BCUT2D eigenvalue weighted by atomic mass is 10.1. The van der Waals surface area contributed by atoms with Crippen LogP contribution < -0.4 is 4.74 Å². The quantitative estimate of drug-likeness (QED) is 0.852. The number of likely N-dealkylation sites (tertiary alicyclic amines) is 1. The Morgan fingerprint density at radius 2 is 2.13 bits per heavy atom. The van der Waals surface area contributed by atoms with E-state index in [1.165, 1.54) is 0 Å². The third kappa shape index (κ3) is 3.49. The van der Waals surface area contributed by atoms with Crippen LogP contribution in [0.4, 0.5) is 0 Å². The molecule has 2 aromatic rings. The molecular weight excluding hydrogens is 294 g/mol. The van der Waals surface area contributed by atoms with E-state index in [1.807, 2.05) is 36.9 Å². The lowest BCUT2D eigenvalue weighted by Crippen LogP contribution is -2.31. The monoisotopic (exact) mass is 315 g/mol. The fraction of sp³-hybridized carbons (Fsp3) is 0.500. The van der Waals surface area contributed by atoms with Crippen LogP contribution in [0.25, 0.3) is 0 Å². The molecule has 0 N–H and O–H groups in total. The predicted molar refractivity (Wildman–Crippen MR) is 84.2 cm³/mol. The molecular formula is C16H21N5O2. The average molecular weight is 315 g/mol. The zero-order valence-electron chi connectivity index (χ0n) is 13.7. The molecule has 1 unspecified atom stereocenters. The van der Waals surface area contributed by atoms with Crippen LogP contribution in [0.3, 0.4) is 0 Å². The first-order valence-electron chi connectivity index (χ1n) is 7.76. The summed E-state index contributed by atoms with van der Waals surface area (Å²) < 4.78 is 7.32. The molecule has 122 valence electrons. The molecule has 1 aliphatic rings. The Bertz CT molecular complexity index is 695. The fourth-order valence-corrected chi connectivity index (χ4v) is 2.79. The second-order valence-electron chi connectivity index (χ2n) is 6.02. The van der Waals surface area contributed by atoms with E-state index in [0.29, 0.717) is 30.6 Å². The molecule has 1 saturated heterocycles. The second-order valence-corrected chi connectivity index (χ2v) is 6.02. The van der Waals surface area contributed by atoms with Gasteiger partial charge in [-0.1, -0.05) is 0 Å². The van der Waals surface area contributed by atoms with Gasteiger partial charge in [0, 0.05) is 32.1 Å². The summed E-state index contributed by atoms with van der Waals surface area (Å²) in [7, 11) is 1.80. The van der Waals surface area contributed by atoms with E-state index in [4.69, 9.17) is 4.74 Å². The topological polar surface area (TPSA) is 73.1 Å². The van der Waals surface area contributed by atoms with Crippen molar-refractivity contribution in [2.75, 3.05) is 19.7 Å². The summed E-state index contributed by atoms with van der Waals surface area (Å²) >= 11 is 0. The summed E-state index contributed by atoms with van der Waals surface area (Å²) in [5, 5.41) is 12.2. The number of carbonyl (C=O) groups is 1.